The minimum atomic E-state index is -0.982. The molecule has 0 aliphatic carbocycles. The molecule has 1 aliphatic rings. The van der Waals surface area contributed by atoms with Gasteiger partial charge in [0, 0.05) is 23.0 Å². The zero-order valence-corrected chi connectivity index (χ0v) is 17.4. The highest BCUT2D eigenvalue weighted by Crippen LogP contribution is 2.45. The van der Waals surface area contributed by atoms with Gasteiger partial charge in [-0.25, -0.2) is 0 Å². The smallest absolute Gasteiger partial charge is 0.300 e. The first-order valence-corrected chi connectivity index (χ1v) is 10.1. The maximum atomic E-state index is 13.1. The number of hydrogen-bond donors (Lipinski definition) is 2. The van der Waals surface area contributed by atoms with E-state index in [1.807, 2.05) is 19.1 Å². The van der Waals surface area contributed by atoms with Crippen molar-refractivity contribution in [1.82, 2.24) is 4.98 Å². The number of benzene rings is 2. The summed E-state index contributed by atoms with van der Waals surface area (Å²) >= 11 is 6.09. The van der Waals surface area contributed by atoms with Gasteiger partial charge in [-0.05, 0) is 41.8 Å². The zero-order valence-electron chi connectivity index (χ0n) is 16.6. The molecule has 0 bridgehead atoms. The minimum absolute atomic E-state index is 0.0730. The molecule has 156 valence electrons. The molecule has 1 saturated heterocycles. The monoisotopic (exact) mass is 434 g/mol. The second-order valence-corrected chi connectivity index (χ2v) is 7.58. The van der Waals surface area contributed by atoms with E-state index in [0.29, 0.717) is 11.1 Å². The van der Waals surface area contributed by atoms with Crippen LogP contribution in [0.25, 0.3) is 5.76 Å². The third-order valence-electron chi connectivity index (χ3n) is 5.28. The molecule has 31 heavy (non-hydrogen) atoms. The van der Waals surface area contributed by atoms with Crippen molar-refractivity contribution >= 4 is 34.7 Å². The lowest BCUT2D eigenvalue weighted by Crippen LogP contribution is -2.29. The van der Waals surface area contributed by atoms with Crippen LogP contribution in [0, 0.1) is 0 Å². The number of anilines is 1. The standard InChI is InChI=1S/C24H19ClN2O4/c1-2-14-5-7-15(8-6-14)22(29)20-21(16-4-3-11-26-13-16)27(24(31)23(20)30)18-12-17(25)9-10-19(18)28/h3-13,21,28-29H,2H2,1H3/b22-20+. The number of aliphatic hydroxyl groups is 1. The molecule has 0 saturated carbocycles. The predicted molar refractivity (Wildman–Crippen MR) is 118 cm³/mol. The second kappa shape index (κ2) is 8.24. The van der Waals surface area contributed by atoms with Crippen LogP contribution in [0.15, 0.2) is 72.6 Å². The molecule has 1 aromatic heterocycles. The summed E-state index contributed by atoms with van der Waals surface area (Å²) in [6.45, 7) is 2.01. The SMILES string of the molecule is CCc1ccc(/C(O)=C2\C(=O)C(=O)N(c3cc(Cl)ccc3O)C2c2cccnc2)cc1. The molecule has 0 radical (unpaired) electrons. The molecule has 7 heteroatoms. The number of ketones is 1. The van der Waals surface area contributed by atoms with E-state index in [9.17, 15) is 19.8 Å². The number of phenolic OH excluding ortho intramolecular Hbond substituents is 1. The first kappa shape index (κ1) is 20.6. The summed E-state index contributed by atoms with van der Waals surface area (Å²) in [5, 5.41) is 21.8. The van der Waals surface area contributed by atoms with Crippen molar-refractivity contribution in [2.75, 3.05) is 4.90 Å². The van der Waals surface area contributed by atoms with Crippen LogP contribution in [0.5, 0.6) is 5.75 Å². The molecule has 1 amide bonds. The third kappa shape index (κ3) is 3.66. The summed E-state index contributed by atoms with van der Waals surface area (Å²) in [5.74, 6) is -2.24. The lowest BCUT2D eigenvalue weighted by Gasteiger charge is -2.25. The number of carbonyl (C=O) groups excluding carboxylic acids is 2. The van der Waals surface area contributed by atoms with Crippen molar-refractivity contribution in [2.45, 2.75) is 19.4 Å². The van der Waals surface area contributed by atoms with Gasteiger partial charge in [0.2, 0.25) is 0 Å². The Morgan fingerprint density at radius 2 is 1.87 bits per heavy atom. The number of rotatable bonds is 4. The van der Waals surface area contributed by atoms with Crippen LogP contribution in [-0.4, -0.2) is 26.9 Å². The number of aryl methyl sites for hydroxylation is 1. The highest BCUT2D eigenvalue weighted by atomic mass is 35.5. The number of aromatic nitrogens is 1. The van der Waals surface area contributed by atoms with Crippen molar-refractivity contribution in [1.29, 1.82) is 0 Å². The topological polar surface area (TPSA) is 90.7 Å². The number of nitrogens with zero attached hydrogens (tertiary/aromatic N) is 2. The third-order valence-corrected chi connectivity index (χ3v) is 5.51. The molecule has 1 aliphatic heterocycles. The van der Waals surface area contributed by atoms with Gasteiger partial charge in [0.05, 0.1) is 17.3 Å². The number of aliphatic hydroxyl groups excluding tert-OH is 1. The largest absolute Gasteiger partial charge is 0.507 e. The number of aromatic hydroxyl groups is 1. The number of carbonyl (C=O) groups is 2. The van der Waals surface area contributed by atoms with Crippen LogP contribution in [0.1, 0.15) is 29.7 Å². The summed E-state index contributed by atoms with van der Waals surface area (Å²) in [5.41, 5.74) is 1.99. The van der Waals surface area contributed by atoms with Gasteiger partial charge >= 0.3 is 0 Å². The van der Waals surface area contributed by atoms with E-state index < -0.39 is 17.7 Å². The fourth-order valence-corrected chi connectivity index (χ4v) is 3.84. The van der Waals surface area contributed by atoms with Crippen LogP contribution in [0.2, 0.25) is 5.02 Å². The van der Waals surface area contributed by atoms with Crippen LogP contribution in [0.3, 0.4) is 0 Å². The fraction of sp³-hybridized carbons (Fsp3) is 0.125. The van der Waals surface area contributed by atoms with Gasteiger partial charge in [-0.2, -0.15) is 0 Å². The average molecular weight is 435 g/mol. The van der Waals surface area contributed by atoms with E-state index in [0.717, 1.165) is 16.9 Å². The molecular weight excluding hydrogens is 416 g/mol. The second-order valence-electron chi connectivity index (χ2n) is 7.14. The quantitative estimate of drug-likeness (QED) is 0.355. The maximum absolute atomic E-state index is 13.1. The van der Waals surface area contributed by atoms with Crippen LogP contribution >= 0.6 is 11.6 Å². The molecule has 2 aromatic carbocycles. The number of amides is 1. The molecule has 4 rings (SSSR count). The van der Waals surface area contributed by atoms with Crippen molar-refractivity contribution in [3.63, 3.8) is 0 Å². The Morgan fingerprint density at radius 3 is 2.52 bits per heavy atom. The lowest BCUT2D eigenvalue weighted by atomic mass is 9.95. The van der Waals surface area contributed by atoms with Gasteiger partial charge in [-0.3, -0.25) is 19.5 Å². The molecule has 2 N–H and O–H groups in total. The van der Waals surface area contributed by atoms with Gasteiger partial charge in [-0.1, -0.05) is 48.9 Å². The highest BCUT2D eigenvalue weighted by Gasteiger charge is 2.47. The molecule has 1 unspecified atom stereocenters. The van der Waals surface area contributed by atoms with Gasteiger partial charge in [0.1, 0.15) is 11.5 Å². The Labute approximate surface area is 184 Å². The van der Waals surface area contributed by atoms with Crippen molar-refractivity contribution < 1.29 is 19.8 Å². The molecule has 2 heterocycles. The number of phenols is 1. The van der Waals surface area contributed by atoms with Crippen molar-refractivity contribution in [2.24, 2.45) is 0 Å². The van der Waals surface area contributed by atoms with Crippen LogP contribution in [-0.2, 0) is 16.0 Å². The summed E-state index contributed by atoms with van der Waals surface area (Å²) in [7, 11) is 0. The predicted octanol–water partition coefficient (Wildman–Crippen LogP) is 4.63. The van der Waals surface area contributed by atoms with E-state index in [-0.39, 0.29) is 27.8 Å². The van der Waals surface area contributed by atoms with Gasteiger partial charge in [-0.15, -0.1) is 0 Å². The Hall–Kier alpha value is -3.64. The summed E-state index contributed by atoms with van der Waals surface area (Å²) < 4.78 is 0. The first-order valence-electron chi connectivity index (χ1n) is 9.71. The molecule has 1 atom stereocenters. The van der Waals surface area contributed by atoms with Gasteiger partial charge < -0.3 is 10.2 Å². The van der Waals surface area contributed by atoms with Crippen LogP contribution in [0.4, 0.5) is 5.69 Å². The van der Waals surface area contributed by atoms with E-state index in [1.165, 1.54) is 24.4 Å². The zero-order chi connectivity index (χ0) is 22.1. The van der Waals surface area contributed by atoms with E-state index in [1.54, 1.807) is 30.5 Å². The van der Waals surface area contributed by atoms with Crippen molar-refractivity contribution in [3.05, 3.63) is 94.3 Å². The van der Waals surface area contributed by atoms with Crippen molar-refractivity contribution in [3.8, 4) is 5.75 Å². The molecule has 0 spiro atoms. The number of Topliss-reactive ketones (excluding diaryl/α,β-unsaturated/α-hetero) is 1. The Kier molecular flexibility index (Phi) is 5.48. The molecule has 1 fully saturated rings. The summed E-state index contributed by atoms with van der Waals surface area (Å²) in [6, 6.07) is 13.7. The average Bonchev–Trinajstić information content (AvgIpc) is 3.06. The molecular formula is C24H19ClN2O4. The van der Waals surface area contributed by atoms with E-state index in [4.69, 9.17) is 11.6 Å². The van der Waals surface area contributed by atoms with Crippen LogP contribution < -0.4 is 4.90 Å². The summed E-state index contributed by atoms with van der Waals surface area (Å²) in [6.07, 6.45) is 3.91. The van der Waals surface area contributed by atoms with Gasteiger partial charge in [0.25, 0.3) is 11.7 Å². The lowest BCUT2D eigenvalue weighted by molar-refractivity contribution is -0.132. The number of pyridine rings is 1. The minimum Gasteiger partial charge on any atom is -0.507 e. The Balaban J connectivity index is 1.94. The highest BCUT2D eigenvalue weighted by molar-refractivity contribution is 6.52. The fourth-order valence-electron chi connectivity index (χ4n) is 3.68. The Bertz CT molecular complexity index is 1190. The summed E-state index contributed by atoms with van der Waals surface area (Å²) in [4.78, 5) is 31.4. The number of hydrogen-bond acceptors (Lipinski definition) is 5. The maximum Gasteiger partial charge on any atom is 0.300 e. The van der Waals surface area contributed by atoms with Gasteiger partial charge in [0.15, 0.2) is 0 Å². The Morgan fingerprint density at radius 1 is 1.13 bits per heavy atom. The number of halogens is 1. The van der Waals surface area contributed by atoms with E-state index >= 15 is 0 Å². The van der Waals surface area contributed by atoms with E-state index in [2.05, 4.69) is 4.98 Å². The normalized spacial score (nSPS) is 17.9. The molecule has 3 aromatic rings. The first-order chi connectivity index (χ1) is 14.9. The molecule has 6 nitrogen and oxygen atoms in total.